The van der Waals surface area contributed by atoms with Gasteiger partial charge in [-0.05, 0) is 35.2 Å². The Morgan fingerprint density at radius 2 is 2.00 bits per heavy atom. The minimum Gasteiger partial charge on any atom is -0.354 e. The van der Waals surface area contributed by atoms with E-state index in [4.69, 9.17) is 16.7 Å². The Kier molecular flexibility index (Phi) is 3.92. The monoisotopic (exact) mass is 355 g/mol. The molecule has 0 amide bonds. The molecule has 0 aliphatic carbocycles. The Labute approximate surface area is 148 Å². The van der Waals surface area contributed by atoms with Gasteiger partial charge in [-0.2, -0.15) is 15.9 Å². The first-order valence-corrected chi connectivity index (χ1v) is 8.74. The van der Waals surface area contributed by atoms with Crippen LogP contribution in [0.3, 0.4) is 0 Å². The summed E-state index contributed by atoms with van der Waals surface area (Å²) in [6.45, 7) is 0.675. The maximum atomic E-state index is 6.26. The van der Waals surface area contributed by atoms with E-state index in [0.29, 0.717) is 6.54 Å². The van der Waals surface area contributed by atoms with Crippen LogP contribution in [0.15, 0.2) is 53.2 Å². The van der Waals surface area contributed by atoms with Gasteiger partial charge >= 0.3 is 0 Å². The lowest BCUT2D eigenvalue weighted by atomic mass is 10.2. The van der Waals surface area contributed by atoms with Gasteiger partial charge in [-0.1, -0.05) is 29.8 Å². The molecule has 0 bridgehead atoms. The molecule has 0 aliphatic heterocycles. The van der Waals surface area contributed by atoms with Gasteiger partial charge in [0, 0.05) is 29.6 Å². The molecule has 3 aromatic heterocycles. The van der Waals surface area contributed by atoms with E-state index in [9.17, 15) is 0 Å². The number of hydrogen-bond donors (Lipinski definition) is 0. The van der Waals surface area contributed by atoms with Gasteiger partial charge in [0.25, 0.3) is 0 Å². The summed E-state index contributed by atoms with van der Waals surface area (Å²) in [4.78, 5) is 2.05. The fourth-order valence-corrected chi connectivity index (χ4v) is 3.35. The minimum atomic E-state index is 0.675. The largest absolute Gasteiger partial charge is 0.354 e. The first-order valence-electron chi connectivity index (χ1n) is 7.42. The van der Waals surface area contributed by atoms with Gasteiger partial charge in [0.1, 0.15) is 5.82 Å². The van der Waals surface area contributed by atoms with E-state index in [1.807, 2.05) is 60.3 Å². The van der Waals surface area contributed by atoms with Gasteiger partial charge in [0.05, 0.1) is 0 Å². The molecule has 4 aromatic rings. The molecule has 1 aromatic carbocycles. The predicted molar refractivity (Wildman–Crippen MR) is 97.7 cm³/mol. The number of anilines is 1. The Balaban J connectivity index is 1.69. The second kappa shape index (κ2) is 6.22. The number of fused-ring (bicyclic) bond motifs is 1. The van der Waals surface area contributed by atoms with Crippen molar-refractivity contribution in [1.82, 2.24) is 19.8 Å². The average Bonchev–Trinajstić information content (AvgIpc) is 3.25. The zero-order chi connectivity index (χ0) is 16.5. The second-order valence-electron chi connectivity index (χ2n) is 5.44. The van der Waals surface area contributed by atoms with Crippen molar-refractivity contribution in [3.8, 4) is 11.4 Å². The van der Waals surface area contributed by atoms with Crippen molar-refractivity contribution in [3.63, 3.8) is 0 Å². The molecule has 0 N–H and O–H groups in total. The molecular formula is C17H14ClN5S. The molecule has 4 rings (SSSR count). The quantitative estimate of drug-likeness (QED) is 0.552. The summed E-state index contributed by atoms with van der Waals surface area (Å²) in [5.41, 5.74) is 2.81. The normalized spacial score (nSPS) is 11.1. The highest BCUT2D eigenvalue weighted by atomic mass is 35.5. The third-order valence-corrected chi connectivity index (χ3v) is 4.84. The number of benzene rings is 1. The van der Waals surface area contributed by atoms with Crippen LogP contribution >= 0.6 is 22.9 Å². The van der Waals surface area contributed by atoms with Crippen LogP contribution in [0.5, 0.6) is 0 Å². The Hall–Kier alpha value is -2.44. The van der Waals surface area contributed by atoms with E-state index in [0.717, 1.165) is 33.4 Å². The van der Waals surface area contributed by atoms with Crippen LogP contribution in [0, 0.1) is 0 Å². The highest BCUT2D eigenvalue weighted by molar-refractivity contribution is 7.08. The third kappa shape index (κ3) is 2.74. The molecule has 0 atom stereocenters. The van der Waals surface area contributed by atoms with E-state index in [1.54, 1.807) is 15.9 Å². The Morgan fingerprint density at radius 3 is 2.79 bits per heavy atom. The number of rotatable bonds is 4. The minimum absolute atomic E-state index is 0.675. The lowest BCUT2D eigenvalue weighted by Gasteiger charge is -2.18. The summed E-state index contributed by atoms with van der Waals surface area (Å²) in [5.74, 6) is 1.58. The van der Waals surface area contributed by atoms with Crippen LogP contribution in [0.4, 0.5) is 5.82 Å². The molecule has 3 heterocycles. The molecule has 0 aliphatic rings. The van der Waals surface area contributed by atoms with Gasteiger partial charge in [-0.25, -0.2) is 0 Å². The van der Waals surface area contributed by atoms with Crippen LogP contribution in [0.1, 0.15) is 5.56 Å². The summed E-state index contributed by atoms with van der Waals surface area (Å²) in [6.07, 6.45) is 0. The van der Waals surface area contributed by atoms with Gasteiger partial charge in [-0.15, -0.1) is 15.3 Å². The second-order valence-corrected chi connectivity index (χ2v) is 6.63. The SMILES string of the molecule is CN(Cc1ccccc1Cl)c1ccc2nnc(-c3ccsc3)n2n1. The van der Waals surface area contributed by atoms with Crippen molar-refractivity contribution in [3.05, 3.63) is 63.8 Å². The number of halogens is 1. The smallest absolute Gasteiger partial charge is 0.186 e. The predicted octanol–water partition coefficient (Wildman–Crippen LogP) is 4.14. The molecule has 0 radical (unpaired) electrons. The van der Waals surface area contributed by atoms with Crippen molar-refractivity contribution in [2.24, 2.45) is 0 Å². The van der Waals surface area contributed by atoms with Crippen molar-refractivity contribution in [2.45, 2.75) is 6.54 Å². The van der Waals surface area contributed by atoms with Crippen LogP contribution in [0.25, 0.3) is 17.0 Å². The zero-order valence-electron chi connectivity index (χ0n) is 12.9. The first-order chi connectivity index (χ1) is 11.7. The molecule has 5 nitrogen and oxygen atoms in total. The molecule has 7 heteroatoms. The molecule has 0 spiro atoms. The van der Waals surface area contributed by atoms with Gasteiger partial charge in [0.15, 0.2) is 11.5 Å². The fourth-order valence-electron chi connectivity index (χ4n) is 2.52. The van der Waals surface area contributed by atoms with E-state index in [2.05, 4.69) is 15.1 Å². The molecule has 0 unspecified atom stereocenters. The summed E-state index contributed by atoms with van der Waals surface area (Å²) in [7, 11) is 1.99. The third-order valence-electron chi connectivity index (χ3n) is 3.78. The van der Waals surface area contributed by atoms with Gasteiger partial charge in [0.2, 0.25) is 0 Å². The zero-order valence-corrected chi connectivity index (χ0v) is 14.5. The van der Waals surface area contributed by atoms with Crippen molar-refractivity contribution in [1.29, 1.82) is 0 Å². The summed E-state index contributed by atoms with van der Waals surface area (Å²) in [5, 5.41) is 18.0. The summed E-state index contributed by atoms with van der Waals surface area (Å²) < 4.78 is 1.78. The van der Waals surface area contributed by atoms with Crippen LogP contribution in [-0.2, 0) is 6.54 Å². The molecule has 0 saturated carbocycles. The first kappa shape index (κ1) is 15.1. The average molecular weight is 356 g/mol. The van der Waals surface area contributed by atoms with Gasteiger partial charge < -0.3 is 4.90 Å². The highest BCUT2D eigenvalue weighted by Crippen LogP contribution is 2.23. The number of thiophene rings is 1. The van der Waals surface area contributed by atoms with Crippen molar-refractivity contribution in [2.75, 3.05) is 11.9 Å². The van der Waals surface area contributed by atoms with Crippen LogP contribution < -0.4 is 4.90 Å². The molecular weight excluding hydrogens is 342 g/mol. The molecule has 120 valence electrons. The van der Waals surface area contributed by atoms with Gasteiger partial charge in [-0.3, -0.25) is 0 Å². The lowest BCUT2D eigenvalue weighted by molar-refractivity contribution is 0.842. The van der Waals surface area contributed by atoms with Crippen molar-refractivity contribution < 1.29 is 0 Å². The van der Waals surface area contributed by atoms with E-state index in [-0.39, 0.29) is 0 Å². The number of nitrogens with zero attached hydrogens (tertiary/aromatic N) is 5. The Bertz CT molecular complexity index is 980. The number of hydrogen-bond acceptors (Lipinski definition) is 5. The number of aromatic nitrogens is 4. The maximum Gasteiger partial charge on any atom is 0.186 e. The fraction of sp³-hybridized carbons (Fsp3) is 0.118. The Morgan fingerprint density at radius 1 is 1.12 bits per heavy atom. The molecule has 0 saturated heterocycles. The van der Waals surface area contributed by atoms with Crippen molar-refractivity contribution >= 4 is 34.4 Å². The van der Waals surface area contributed by atoms with E-state index < -0.39 is 0 Å². The summed E-state index contributed by atoms with van der Waals surface area (Å²) >= 11 is 7.88. The van der Waals surface area contributed by atoms with E-state index in [1.165, 1.54) is 0 Å². The van der Waals surface area contributed by atoms with Crippen LogP contribution in [0.2, 0.25) is 5.02 Å². The lowest BCUT2D eigenvalue weighted by Crippen LogP contribution is -2.19. The molecule has 0 fully saturated rings. The highest BCUT2D eigenvalue weighted by Gasteiger charge is 2.12. The standard InChI is InChI=1S/C17H14ClN5S/c1-22(10-12-4-2-3-5-14(12)18)16-7-6-15-19-20-17(23(15)21-16)13-8-9-24-11-13/h2-9,11H,10H2,1H3. The topological polar surface area (TPSA) is 46.3 Å². The van der Waals surface area contributed by atoms with Crippen LogP contribution in [-0.4, -0.2) is 26.9 Å². The maximum absolute atomic E-state index is 6.26. The summed E-state index contributed by atoms with van der Waals surface area (Å²) in [6, 6.07) is 13.7. The van der Waals surface area contributed by atoms with E-state index >= 15 is 0 Å². The molecule has 24 heavy (non-hydrogen) atoms.